The van der Waals surface area contributed by atoms with E-state index in [2.05, 4.69) is 16.6 Å². The van der Waals surface area contributed by atoms with Gasteiger partial charge in [-0.25, -0.2) is 13.1 Å². The predicted molar refractivity (Wildman–Crippen MR) is 87.2 cm³/mol. The van der Waals surface area contributed by atoms with Crippen LogP contribution in [0.3, 0.4) is 0 Å². The topological polar surface area (TPSA) is 72.2 Å². The zero-order chi connectivity index (χ0) is 15.9. The Morgan fingerprint density at radius 3 is 2.33 bits per heavy atom. The smallest absolute Gasteiger partial charge is 0.212 e. The van der Waals surface area contributed by atoms with Gasteiger partial charge in [0.15, 0.2) is 0 Å². The monoisotopic (exact) mass is 308 g/mol. The van der Waals surface area contributed by atoms with Crippen molar-refractivity contribution in [1.82, 2.24) is 4.72 Å². The highest BCUT2D eigenvalue weighted by Gasteiger charge is 2.16. The molecule has 0 bridgehead atoms. The van der Waals surface area contributed by atoms with Crippen LogP contribution < -0.4 is 10.5 Å². The van der Waals surface area contributed by atoms with Crippen molar-refractivity contribution >= 4 is 10.0 Å². The van der Waals surface area contributed by atoms with Crippen molar-refractivity contribution in [2.24, 2.45) is 11.7 Å². The van der Waals surface area contributed by atoms with Crippen molar-refractivity contribution in [2.45, 2.75) is 33.2 Å². The molecule has 1 aromatic rings. The fourth-order valence-electron chi connectivity index (χ4n) is 1.80. The molecule has 0 aliphatic carbocycles. The lowest BCUT2D eigenvalue weighted by Gasteiger charge is -2.15. The van der Waals surface area contributed by atoms with Gasteiger partial charge >= 0.3 is 0 Å². The summed E-state index contributed by atoms with van der Waals surface area (Å²) < 4.78 is 26.7. The molecule has 0 heterocycles. The molecular weight excluding hydrogens is 284 g/mol. The van der Waals surface area contributed by atoms with Crippen LogP contribution in [-0.2, 0) is 10.0 Å². The summed E-state index contributed by atoms with van der Waals surface area (Å²) >= 11 is 0. The standard InChI is InChI=1S/C16H24N2O2S/c1-13(2)10-12-21(19,20)18-14(3)16-8-6-15(7-9-16)5-4-11-17/h6-9,13-14,18H,10-12,17H2,1-3H3. The molecule has 0 aromatic heterocycles. The molecule has 5 heteroatoms. The lowest BCUT2D eigenvalue weighted by Crippen LogP contribution is -2.29. The minimum absolute atomic E-state index is 0.162. The first kappa shape index (κ1) is 17.7. The van der Waals surface area contributed by atoms with Crippen molar-refractivity contribution in [3.05, 3.63) is 35.4 Å². The summed E-state index contributed by atoms with van der Waals surface area (Å²) in [7, 11) is -3.24. The normalized spacial score (nSPS) is 12.8. The number of hydrogen-bond acceptors (Lipinski definition) is 3. The zero-order valence-electron chi connectivity index (χ0n) is 12.9. The van der Waals surface area contributed by atoms with Crippen LogP contribution in [0.15, 0.2) is 24.3 Å². The van der Waals surface area contributed by atoms with E-state index < -0.39 is 10.0 Å². The van der Waals surface area contributed by atoms with E-state index in [1.165, 1.54) is 0 Å². The van der Waals surface area contributed by atoms with Gasteiger partial charge in [-0.3, -0.25) is 0 Å². The highest BCUT2D eigenvalue weighted by molar-refractivity contribution is 7.89. The zero-order valence-corrected chi connectivity index (χ0v) is 13.7. The molecule has 0 spiro atoms. The Balaban J connectivity index is 2.69. The van der Waals surface area contributed by atoms with Gasteiger partial charge in [-0.1, -0.05) is 37.8 Å². The quantitative estimate of drug-likeness (QED) is 0.790. The molecule has 3 N–H and O–H groups in total. The summed E-state index contributed by atoms with van der Waals surface area (Å²) in [5.41, 5.74) is 7.12. The van der Waals surface area contributed by atoms with Gasteiger partial charge in [0.1, 0.15) is 0 Å². The summed E-state index contributed by atoms with van der Waals surface area (Å²) in [4.78, 5) is 0. The third-order valence-corrected chi connectivity index (χ3v) is 4.55. The number of nitrogens with two attached hydrogens (primary N) is 1. The van der Waals surface area contributed by atoms with Gasteiger partial charge < -0.3 is 5.73 Å². The molecule has 0 saturated heterocycles. The van der Waals surface area contributed by atoms with Gasteiger partial charge in [-0.2, -0.15) is 0 Å². The highest BCUT2D eigenvalue weighted by Crippen LogP contribution is 2.15. The van der Waals surface area contributed by atoms with Crippen LogP contribution >= 0.6 is 0 Å². The Labute approximate surface area is 128 Å². The fourth-order valence-corrected chi connectivity index (χ4v) is 3.37. The van der Waals surface area contributed by atoms with E-state index in [0.717, 1.165) is 11.1 Å². The van der Waals surface area contributed by atoms with E-state index in [1.807, 2.05) is 45.0 Å². The van der Waals surface area contributed by atoms with Crippen molar-refractivity contribution < 1.29 is 8.42 Å². The van der Waals surface area contributed by atoms with Crippen molar-refractivity contribution in [3.8, 4) is 11.8 Å². The SMILES string of the molecule is CC(C)CCS(=O)(=O)NC(C)c1ccc(C#CCN)cc1. The predicted octanol–water partition coefficient (Wildman–Crippen LogP) is 2.02. The second-order valence-electron chi connectivity index (χ2n) is 5.47. The van der Waals surface area contributed by atoms with Gasteiger partial charge in [0.25, 0.3) is 0 Å². The first-order valence-electron chi connectivity index (χ1n) is 7.13. The summed E-state index contributed by atoms with van der Waals surface area (Å²) in [6.45, 7) is 6.20. The van der Waals surface area contributed by atoms with E-state index in [9.17, 15) is 8.42 Å². The third-order valence-electron chi connectivity index (χ3n) is 3.07. The van der Waals surface area contributed by atoms with Crippen LogP contribution in [0, 0.1) is 17.8 Å². The highest BCUT2D eigenvalue weighted by atomic mass is 32.2. The maximum Gasteiger partial charge on any atom is 0.212 e. The molecule has 1 rings (SSSR count). The molecule has 0 amide bonds. The van der Waals surface area contributed by atoms with Crippen molar-refractivity contribution in [1.29, 1.82) is 0 Å². The van der Waals surface area contributed by atoms with E-state index >= 15 is 0 Å². The van der Waals surface area contributed by atoms with E-state index in [0.29, 0.717) is 18.9 Å². The summed E-state index contributed by atoms with van der Waals surface area (Å²) in [6.07, 6.45) is 0.662. The van der Waals surface area contributed by atoms with E-state index in [-0.39, 0.29) is 11.8 Å². The van der Waals surface area contributed by atoms with Crippen LogP contribution in [-0.4, -0.2) is 20.7 Å². The Kier molecular flexibility index (Phi) is 6.90. The molecule has 116 valence electrons. The van der Waals surface area contributed by atoms with Crippen molar-refractivity contribution in [2.75, 3.05) is 12.3 Å². The number of nitrogens with one attached hydrogen (secondary N) is 1. The summed E-state index contributed by atoms with van der Waals surface area (Å²) in [5.74, 6) is 6.26. The maximum absolute atomic E-state index is 12.0. The van der Waals surface area contributed by atoms with Gasteiger partial charge in [0.2, 0.25) is 10.0 Å². The molecule has 0 aliphatic rings. The molecule has 1 aromatic carbocycles. The van der Waals surface area contributed by atoms with Crippen LogP contribution in [0.2, 0.25) is 0 Å². The first-order chi connectivity index (χ1) is 9.84. The molecule has 0 saturated carbocycles. The summed E-state index contributed by atoms with van der Waals surface area (Å²) in [5, 5.41) is 0. The maximum atomic E-state index is 12.0. The number of rotatable bonds is 6. The van der Waals surface area contributed by atoms with Gasteiger partial charge in [0.05, 0.1) is 12.3 Å². The Bertz CT molecular complexity index is 595. The number of sulfonamides is 1. The van der Waals surface area contributed by atoms with Crippen LogP contribution in [0.4, 0.5) is 0 Å². The van der Waals surface area contributed by atoms with Crippen LogP contribution in [0.5, 0.6) is 0 Å². The lowest BCUT2D eigenvalue weighted by molar-refractivity contribution is 0.550. The average Bonchev–Trinajstić information content (AvgIpc) is 2.43. The minimum atomic E-state index is -3.24. The second kappa shape index (κ2) is 8.18. The first-order valence-corrected chi connectivity index (χ1v) is 8.78. The third kappa shape index (κ3) is 6.76. The van der Waals surface area contributed by atoms with E-state index in [1.54, 1.807) is 0 Å². The fraction of sp³-hybridized carbons (Fsp3) is 0.500. The lowest BCUT2D eigenvalue weighted by atomic mass is 10.1. The average molecular weight is 308 g/mol. The van der Waals surface area contributed by atoms with Gasteiger partial charge in [0, 0.05) is 11.6 Å². The molecule has 0 aliphatic heterocycles. The van der Waals surface area contributed by atoms with Gasteiger partial charge in [-0.05, 0) is 37.0 Å². The molecule has 0 radical (unpaired) electrons. The number of hydrogen-bond donors (Lipinski definition) is 2. The summed E-state index contributed by atoms with van der Waals surface area (Å²) in [6, 6.07) is 7.26. The van der Waals surface area contributed by atoms with Crippen molar-refractivity contribution in [3.63, 3.8) is 0 Å². The Morgan fingerprint density at radius 2 is 1.81 bits per heavy atom. The van der Waals surface area contributed by atoms with E-state index in [4.69, 9.17) is 5.73 Å². The minimum Gasteiger partial charge on any atom is -0.320 e. The van der Waals surface area contributed by atoms with Crippen LogP contribution in [0.25, 0.3) is 0 Å². The Hall–Kier alpha value is -1.35. The second-order valence-corrected chi connectivity index (χ2v) is 7.34. The Morgan fingerprint density at radius 1 is 1.19 bits per heavy atom. The molecule has 21 heavy (non-hydrogen) atoms. The molecule has 0 fully saturated rings. The van der Waals surface area contributed by atoms with Crippen LogP contribution in [0.1, 0.15) is 44.4 Å². The number of benzene rings is 1. The molecular formula is C16H24N2O2S. The molecule has 4 nitrogen and oxygen atoms in total. The molecule has 1 atom stereocenters. The van der Waals surface area contributed by atoms with Gasteiger partial charge in [-0.15, -0.1) is 0 Å². The largest absolute Gasteiger partial charge is 0.320 e. The molecule has 1 unspecified atom stereocenters.